The van der Waals surface area contributed by atoms with Crippen LogP contribution in [0.15, 0.2) is 67.4 Å². The van der Waals surface area contributed by atoms with E-state index in [0.29, 0.717) is 13.0 Å². The summed E-state index contributed by atoms with van der Waals surface area (Å²) in [6.45, 7) is 3.73. The van der Waals surface area contributed by atoms with Crippen LogP contribution in [0, 0.1) is 0 Å². The van der Waals surface area contributed by atoms with Gasteiger partial charge >= 0.3 is 0 Å². The first-order valence-corrected chi connectivity index (χ1v) is 7.33. The standard InChI is InChI=1S/C18H19N3O2/c1-2-17(22)21-16(12-14-8-4-3-5-9-14)18(23)20-13-15-10-6-7-11-19-15/h2-11,16H,1,12-13H2,(H,20,23)(H,21,22)/t16-/m0/s1. The van der Waals surface area contributed by atoms with Gasteiger partial charge in [-0.2, -0.15) is 0 Å². The van der Waals surface area contributed by atoms with Gasteiger partial charge in [0.2, 0.25) is 11.8 Å². The third kappa shape index (κ3) is 5.39. The van der Waals surface area contributed by atoms with E-state index in [-0.39, 0.29) is 11.8 Å². The molecule has 118 valence electrons. The Balaban J connectivity index is 2.01. The number of carbonyl (C=O) groups excluding carboxylic acids is 2. The summed E-state index contributed by atoms with van der Waals surface area (Å²) in [7, 11) is 0. The fourth-order valence-corrected chi connectivity index (χ4v) is 2.09. The molecule has 0 saturated carbocycles. The van der Waals surface area contributed by atoms with Crippen LogP contribution in [-0.2, 0) is 22.6 Å². The number of hydrogen-bond acceptors (Lipinski definition) is 3. The lowest BCUT2D eigenvalue weighted by Crippen LogP contribution is -2.47. The molecular weight excluding hydrogens is 290 g/mol. The Labute approximate surface area is 135 Å². The highest BCUT2D eigenvalue weighted by molar-refractivity contribution is 5.92. The first-order valence-electron chi connectivity index (χ1n) is 7.33. The van der Waals surface area contributed by atoms with Crippen molar-refractivity contribution in [2.75, 3.05) is 0 Å². The first kappa shape index (κ1) is 16.4. The zero-order valence-corrected chi connectivity index (χ0v) is 12.7. The number of pyridine rings is 1. The van der Waals surface area contributed by atoms with E-state index in [2.05, 4.69) is 22.2 Å². The van der Waals surface area contributed by atoms with Crippen LogP contribution in [0.3, 0.4) is 0 Å². The first-order chi connectivity index (χ1) is 11.2. The van der Waals surface area contributed by atoms with E-state index in [1.54, 1.807) is 6.20 Å². The molecule has 23 heavy (non-hydrogen) atoms. The maximum absolute atomic E-state index is 12.4. The predicted octanol–water partition coefficient (Wildman–Crippen LogP) is 1.61. The molecule has 2 rings (SSSR count). The molecule has 0 saturated heterocycles. The van der Waals surface area contributed by atoms with Crippen molar-refractivity contribution < 1.29 is 9.59 Å². The molecule has 0 aliphatic rings. The molecule has 0 unspecified atom stereocenters. The van der Waals surface area contributed by atoms with Crippen molar-refractivity contribution in [1.29, 1.82) is 0 Å². The molecule has 2 aromatic rings. The Hall–Kier alpha value is -2.95. The quantitative estimate of drug-likeness (QED) is 0.763. The van der Waals surface area contributed by atoms with Gasteiger partial charge in [0.15, 0.2) is 0 Å². The van der Waals surface area contributed by atoms with E-state index >= 15 is 0 Å². The number of benzene rings is 1. The molecule has 1 aromatic carbocycles. The maximum Gasteiger partial charge on any atom is 0.244 e. The summed E-state index contributed by atoms with van der Waals surface area (Å²) in [5, 5.41) is 5.46. The zero-order valence-electron chi connectivity index (χ0n) is 12.7. The van der Waals surface area contributed by atoms with Gasteiger partial charge in [0.25, 0.3) is 0 Å². The fourth-order valence-electron chi connectivity index (χ4n) is 2.09. The molecule has 0 aliphatic carbocycles. The van der Waals surface area contributed by atoms with E-state index in [1.165, 1.54) is 0 Å². The lowest BCUT2D eigenvalue weighted by Gasteiger charge is -2.17. The molecule has 0 aliphatic heterocycles. The molecule has 5 nitrogen and oxygen atoms in total. The number of nitrogens with one attached hydrogen (secondary N) is 2. The molecule has 5 heteroatoms. The average molecular weight is 309 g/mol. The molecule has 1 atom stereocenters. The minimum Gasteiger partial charge on any atom is -0.349 e. The third-order valence-electron chi connectivity index (χ3n) is 3.27. The minimum atomic E-state index is -0.661. The summed E-state index contributed by atoms with van der Waals surface area (Å²) in [6.07, 6.45) is 3.24. The van der Waals surface area contributed by atoms with Gasteiger partial charge < -0.3 is 10.6 Å². The fraction of sp³-hybridized carbons (Fsp3) is 0.167. The van der Waals surface area contributed by atoms with Crippen LogP contribution < -0.4 is 10.6 Å². The zero-order chi connectivity index (χ0) is 16.5. The third-order valence-corrected chi connectivity index (χ3v) is 3.27. The van der Waals surface area contributed by atoms with Crippen molar-refractivity contribution in [2.45, 2.75) is 19.0 Å². The molecular formula is C18H19N3O2. The van der Waals surface area contributed by atoms with Crippen molar-refractivity contribution in [1.82, 2.24) is 15.6 Å². The van der Waals surface area contributed by atoms with Crippen molar-refractivity contribution in [2.24, 2.45) is 0 Å². The van der Waals surface area contributed by atoms with E-state index < -0.39 is 6.04 Å². The monoisotopic (exact) mass is 309 g/mol. The highest BCUT2D eigenvalue weighted by Crippen LogP contribution is 2.04. The molecule has 0 fully saturated rings. The molecule has 0 spiro atoms. The Kier molecular flexibility index (Phi) is 6.06. The van der Waals surface area contributed by atoms with Gasteiger partial charge in [-0.3, -0.25) is 14.6 Å². The van der Waals surface area contributed by atoms with Gasteiger partial charge in [-0.1, -0.05) is 43.0 Å². The molecule has 1 heterocycles. The SMILES string of the molecule is C=CC(=O)N[C@@H](Cc1ccccc1)C(=O)NCc1ccccn1. The van der Waals surface area contributed by atoms with Crippen LogP contribution >= 0.6 is 0 Å². The van der Waals surface area contributed by atoms with E-state index in [1.807, 2.05) is 48.5 Å². The van der Waals surface area contributed by atoms with Crippen LogP contribution in [0.25, 0.3) is 0 Å². The summed E-state index contributed by atoms with van der Waals surface area (Å²) in [4.78, 5) is 28.1. The number of carbonyl (C=O) groups is 2. The number of aromatic nitrogens is 1. The van der Waals surface area contributed by atoms with E-state index in [0.717, 1.165) is 17.3 Å². The Bertz CT molecular complexity index is 656. The second kappa shape index (κ2) is 8.48. The summed E-state index contributed by atoms with van der Waals surface area (Å²) in [5.74, 6) is -0.631. The number of amides is 2. The van der Waals surface area contributed by atoms with Gasteiger partial charge in [0.1, 0.15) is 6.04 Å². The molecule has 0 bridgehead atoms. The topological polar surface area (TPSA) is 71.1 Å². The van der Waals surface area contributed by atoms with E-state index in [9.17, 15) is 9.59 Å². The van der Waals surface area contributed by atoms with Crippen molar-refractivity contribution in [3.8, 4) is 0 Å². The van der Waals surface area contributed by atoms with Crippen molar-refractivity contribution in [3.63, 3.8) is 0 Å². The van der Waals surface area contributed by atoms with Crippen LogP contribution in [0.1, 0.15) is 11.3 Å². The average Bonchev–Trinajstić information content (AvgIpc) is 2.60. The molecule has 0 radical (unpaired) electrons. The lowest BCUT2D eigenvalue weighted by molar-refractivity contribution is -0.127. The maximum atomic E-state index is 12.4. The molecule has 1 aromatic heterocycles. The smallest absolute Gasteiger partial charge is 0.244 e. The summed E-state index contributed by atoms with van der Waals surface area (Å²) < 4.78 is 0. The lowest BCUT2D eigenvalue weighted by atomic mass is 10.1. The molecule has 2 amide bonds. The van der Waals surface area contributed by atoms with Crippen LogP contribution in [0.5, 0.6) is 0 Å². The largest absolute Gasteiger partial charge is 0.349 e. The highest BCUT2D eigenvalue weighted by Gasteiger charge is 2.20. The summed E-state index contributed by atoms with van der Waals surface area (Å²) in [6, 6.07) is 14.4. The van der Waals surface area contributed by atoms with Crippen LogP contribution in [0.2, 0.25) is 0 Å². The number of nitrogens with zero attached hydrogens (tertiary/aromatic N) is 1. The Morgan fingerprint density at radius 1 is 1.13 bits per heavy atom. The Morgan fingerprint density at radius 2 is 1.87 bits per heavy atom. The van der Waals surface area contributed by atoms with Crippen molar-refractivity contribution >= 4 is 11.8 Å². The minimum absolute atomic E-state index is 0.255. The van der Waals surface area contributed by atoms with Gasteiger partial charge in [0, 0.05) is 12.6 Å². The van der Waals surface area contributed by atoms with Gasteiger partial charge in [-0.25, -0.2) is 0 Å². The van der Waals surface area contributed by atoms with Crippen LogP contribution in [0.4, 0.5) is 0 Å². The summed E-state index contributed by atoms with van der Waals surface area (Å²) >= 11 is 0. The van der Waals surface area contributed by atoms with Gasteiger partial charge in [-0.05, 0) is 23.8 Å². The molecule has 2 N–H and O–H groups in total. The van der Waals surface area contributed by atoms with Crippen LogP contribution in [-0.4, -0.2) is 22.8 Å². The Morgan fingerprint density at radius 3 is 2.52 bits per heavy atom. The number of rotatable bonds is 7. The normalized spacial score (nSPS) is 11.3. The second-order valence-corrected chi connectivity index (χ2v) is 4.99. The summed E-state index contributed by atoms with van der Waals surface area (Å²) in [5.41, 5.74) is 1.73. The predicted molar refractivity (Wildman–Crippen MR) is 88.4 cm³/mol. The highest BCUT2D eigenvalue weighted by atomic mass is 16.2. The number of hydrogen-bond donors (Lipinski definition) is 2. The van der Waals surface area contributed by atoms with Gasteiger partial charge in [-0.15, -0.1) is 0 Å². The second-order valence-electron chi connectivity index (χ2n) is 4.99. The van der Waals surface area contributed by atoms with E-state index in [4.69, 9.17) is 0 Å². The van der Waals surface area contributed by atoms with Gasteiger partial charge in [0.05, 0.1) is 12.2 Å². The van der Waals surface area contributed by atoms with Crippen molar-refractivity contribution in [3.05, 3.63) is 78.6 Å².